The Hall–Kier alpha value is -4.52. The fourth-order valence-corrected chi connectivity index (χ4v) is 3.54. The summed E-state index contributed by atoms with van der Waals surface area (Å²) in [5.41, 5.74) is 1.51. The fourth-order valence-electron chi connectivity index (χ4n) is 3.54. The van der Waals surface area contributed by atoms with Gasteiger partial charge in [-0.3, -0.25) is 14.6 Å². The summed E-state index contributed by atoms with van der Waals surface area (Å²) < 4.78 is 27.8. The van der Waals surface area contributed by atoms with Crippen molar-refractivity contribution in [2.45, 2.75) is 32.1 Å². The Morgan fingerprint density at radius 1 is 1.19 bits per heavy atom. The number of hydrogen-bond donors (Lipinski definition) is 3. The summed E-state index contributed by atoms with van der Waals surface area (Å²) in [7, 11) is 1.48. The summed E-state index contributed by atoms with van der Waals surface area (Å²) in [6.45, 7) is 0.863. The molecule has 0 atom stereocenters. The standard InChI is InChI=1S/C26H27N7O3/c1-26(2,14-27)16-10-11-18(29-13-16)17-6-5-7-19(23(17)36-4)30-20-12-21(31-24(34)15-8-9-15)32-33-22(20)25(35)28-3/h5-7,10-13,15H,8-9H2,1-4H3,(H,28,35)(H2,30,31,32,34)/i3D3. The molecule has 3 aromatic rings. The van der Waals surface area contributed by atoms with Gasteiger partial charge in [-0.15, -0.1) is 10.2 Å². The number of nitriles is 1. The molecule has 0 unspecified atom stereocenters. The first-order valence-electron chi connectivity index (χ1n) is 12.7. The molecule has 1 aliphatic rings. The van der Waals surface area contributed by atoms with E-state index in [4.69, 9.17) is 8.85 Å². The van der Waals surface area contributed by atoms with Gasteiger partial charge in [0.1, 0.15) is 0 Å². The highest BCUT2D eigenvalue weighted by Crippen LogP contribution is 2.38. The van der Waals surface area contributed by atoms with Gasteiger partial charge >= 0.3 is 0 Å². The Labute approximate surface area is 213 Å². The van der Waals surface area contributed by atoms with Crippen LogP contribution >= 0.6 is 0 Å². The van der Waals surface area contributed by atoms with Gasteiger partial charge in [-0.25, -0.2) is 0 Å². The summed E-state index contributed by atoms with van der Waals surface area (Å²) in [5, 5.41) is 24.9. The summed E-state index contributed by atoms with van der Waals surface area (Å²) >= 11 is 0. The number of pyridine rings is 1. The molecule has 184 valence electrons. The molecule has 36 heavy (non-hydrogen) atoms. The summed E-state index contributed by atoms with van der Waals surface area (Å²) in [5.74, 6) is -0.774. The maximum atomic E-state index is 12.7. The van der Waals surface area contributed by atoms with E-state index >= 15 is 0 Å². The van der Waals surface area contributed by atoms with E-state index in [2.05, 4.69) is 31.9 Å². The number of methoxy groups -OCH3 is 1. The molecular weight excluding hydrogens is 458 g/mol. The van der Waals surface area contributed by atoms with E-state index in [-0.39, 0.29) is 29.0 Å². The van der Waals surface area contributed by atoms with Crippen LogP contribution in [0.15, 0.2) is 42.6 Å². The molecule has 1 saturated carbocycles. The third kappa shape index (κ3) is 5.10. The van der Waals surface area contributed by atoms with Crippen molar-refractivity contribution in [1.82, 2.24) is 20.5 Å². The number of benzene rings is 1. The highest BCUT2D eigenvalue weighted by molar-refractivity contribution is 6.00. The third-order valence-electron chi connectivity index (χ3n) is 5.85. The van der Waals surface area contributed by atoms with E-state index in [0.29, 0.717) is 22.7 Å². The molecule has 10 heteroatoms. The van der Waals surface area contributed by atoms with Crippen LogP contribution in [0.5, 0.6) is 5.75 Å². The van der Waals surface area contributed by atoms with Gasteiger partial charge < -0.3 is 20.7 Å². The Morgan fingerprint density at radius 2 is 2.00 bits per heavy atom. The van der Waals surface area contributed by atoms with Gasteiger partial charge in [0.25, 0.3) is 5.91 Å². The van der Waals surface area contributed by atoms with Crippen LogP contribution in [-0.2, 0) is 10.2 Å². The highest BCUT2D eigenvalue weighted by atomic mass is 16.5. The quantitative estimate of drug-likeness (QED) is 0.435. The van der Waals surface area contributed by atoms with Crippen LogP contribution in [0, 0.1) is 17.2 Å². The number of anilines is 3. The number of rotatable bonds is 8. The summed E-state index contributed by atoms with van der Waals surface area (Å²) in [6.07, 6.45) is 3.21. The maximum absolute atomic E-state index is 12.7. The van der Waals surface area contributed by atoms with E-state index in [1.54, 1.807) is 44.3 Å². The van der Waals surface area contributed by atoms with Crippen LogP contribution < -0.4 is 20.7 Å². The van der Waals surface area contributed by atoms with Crippen molar-refractivity contribution in [3.63, 3.8) is 0 Å². The minimum absolute atomic E-state index is 0.0869. The number of carbonyl (C=O) groups is 2. The lowest BCUT2D eigenvalue weighted by Gasteiger charge is -2.18. The van der Waals surface area contributed by atoms with E-state index in [0.717, 1.165) is 18.4 Å². The van der Waals surface area contributed by atoms with E-state index < -0.39 is 18.3 Å². The minimum Gasteiger partial charge on any atom is -0.494 e. The first-order valence-corrected chi connectivity index (χ1v) is 11.2. The van der Waals surface area contributed by atoms with Gasteiger partial charge in [0, 0.05) is 34.8 Å². The molecule has 0 aliphatic heterocycles. The Kier molecular flexibility index (Phi) is 5.78. The zero-order valence-corrected chi connectivity index (χ0v) is 20.0. The predicted molar refractivity (Wildman–Crippen MR) is 135 cm³/mol. The Balaban J connectivity index is 1.72. The van der Waals surface area contributed by atoms with Crippen LogP contribution in [-0.4, -0.2) is 41.1 Å². The van der Waals surface area contributed by atoms with Crippen LogP contribution in [0.25, 0.3) is 11.3 Å². The highest BCUT2D eigenvalue weighted by Gasteiger charge is 2.30. The average molecular weight is 489 g/mol. The number of carbonyl (C=O) groups excluding carboxylic acids is 2. The van der Waals surface area contributed by atoms with Gasteiger partial charge in [-0.1, -0.05) is 12.1 Å². The molecule has 0 spiro atoms. The number of hydrogen-bond acceptors (Lipinski definition) is 8. The number of nitrogens with zero attached hydrogens (tertiary/aromatic N) is 4. The zero-order valence-electron chi connectivity index (χ0n) is 23.0. The number of amides is 2. The van der Waals surface area contributed by atoms with E-state index in [9.17, 15) is 14.9 Å². The molecule has 0 saturated heterocycles. The van der Waals surface area contributed by atoms with Crippen molar-refractivity contribution < 1.29 is 18.4 Å². The molecule has 4 rings (SSSR count). The van der Waals surface area contributed by atoms with Gasteiger partial charge in [-0.2, -0.15) is 5.26 Å². The second kappa shape index (κ2) is 10.00. The maximum Gasteiger partial charge on any atom is 0.273 e. The Morgan fingerprint density at radius 3 is 2.64 bits per heavy atom. The molecule has 0 bridgehead atoms. The predicted octanol–water partition coefficient (Wildman–Crippen LogP) is 3.80. The normalized spacial score (nSPS) is 14.4. The second-order valence-corrected chi connectivity index (χ2v) is 8.89. The van der Waals surface area contributed by atoms with Gasteiger partial charge in [0.2, 0.25) is 5.91 Å². The molecular formula is C26H27N7O3. The van der Waals surface area contributed by atoms with Crippen molar-refractivity contribution in [2.24, 2.45) is 5.92 Å². The zero-order chi connectivity index (χ0) is 28.4. The molecule has 1 aromatic carbocycles. The van der Waals surface area contributed by atoms with E-state index in [1.807, 2.05) is 11.4 Å². The largest absolute Gasteiger partial charge is 0.494 e. The first-order chi connectivity index (χ1) is 18.4. The lowest BCUT2D eigenvalue weighted by atomic mass is 9.87. The van der Waals surface area contributed by atoms with Crippen molar-refractivity contribution in [3.05, 3.63) is 53.9 Å². The lowest BCUT2D eigenvalue weighted by Crippen LogP contribution is -2.22. The first kappa shape index (κ1) is 20.8. The van der Waals surface area contributed by atoms with Crippen molar-refractivity contribution in [1.29, 1.82) is 5.26 Å². The monoisotopic (exact) mass is 488 g/mol. The van der Waals surface area contributed by atoms with Crippen LogP contribution in [0.3, 0.4) is 0 Å². The molecule has 1 aliphatic carbocycles. The lowest BCUT2D eigenvalue weighted by molar-refractivity contribution is -0.117. The van der Waals surface area contributed by atoms with Crippen LogP contribution in [0.4, 0.5) is 17.2 Å². The molecule has 3 N–H and O–H groups in total. The topological polar surface area (TPSA) is 142 Å². The van der Waals surface area contributed by atoms with Gasteiger partial charge in [0.05, 0.1) is 35.7 Å². The van der Waals surface area contributed by atoms with Crippen LogP contribution in [0.1, 0.15) is 46.9 Å². The van der Waals surface area contributed by atoms with Crippen molar-refractivity contribution >= 4 is 29.0 Å². The molecule has 2 amide bonds. The van der Waals surface area contributed by atoms with Crippen molar-refractivity contribution in [2.75, 3.05) is 24.7 Å². The number of ether oxygens (including phenoxy) is 1. The Bertz CT molecular complexity index is 1450. The SMILES string of the molecule is [2H]C([2H])([2H])NC(=O)c1nnc(NC(=O)C2CC2)cc1Nc1cccc(-c2ccc(C(C)(C)C#N)cn2)c1OC. The smallest absolute Gasteiger partial charge is 0.273 e. The minimum atomic E-state index is -2.75. The van der Waals surface area contributed by atoms with Gasteiger partial charge in [-0.05, 0) is 50.5 Å². The van der Waals surface area contributed by atoms with E-state index in [1.165, 1.54) is 13.2 Å². The van der Waals surface area contributed by atoms with Crippen molar-refractivity contribution in [3.8, 4) is 23.1 Å². The third-order valence-corrected chi connectivity index (χ3v) is 5.85. The number of para-hydroxylation sites is 1. The number of aromatic nitrogens is 3. The molecule has 2 heterocycles. The van der Waals surface area contributed by atoms with Gasteiger partial charge in [0.15, 0.2) is 17.3 Å². The molecule has 0 radical (unpaired) electrons. The molecule has 10 nitrogen and oxygen atoms in total. The number of nitrogens with one attached hydrogen (secondary N) is 3. The molecule has 2 aromatic heterocycles. The summed E-state index contributed by atoms with van der Waals surface area (Å²) in [4.78, 5) is 29.5. The molecule has 1 fully saturated rings. The van der Waals surface area contributed by atoms with Crippen LogP contribution in [0.2, 0.25) is 0 Å². The second-order valence-electron chi connectivity index (χ2n) is 8.89. The summed E-state index contributed by atoms with van der Waals surface area (Å²) in [6, 6.07) is 12.5. The average Bonchev–Trinajstić information content (AvgIpc) is 3.73. The fraction of sp³-hybridized carbons (Fsp3) is 0.308.